The molecule has 0 N–H and O–H groups in total. The second kappa shape index (κ2) is 2.96. The van der Waals surface area contributed by atoms with Gasteiger partial charge in [-0.25, -0.2) is 0 Å². The van der Waals surface area contributed by atoms with Gasteiger partial charge in [0.15, 0.2) is 0 Å². The standard InChI is InChI=1S/C7H14Se2/c1-4-6-5-7(6,8-2)9-3/h6H,4-5H2,1-3H3. The Balaban J connectivity index is 2.37. The summed E-state index contributed by atoms with van der Waals surface area (Å²) in [6.45, 7) is 2.34. The van der Waals surface area contributed by atoms with Crippen LogP contribution in [0.15, 0.2) is 0 Å². The molecular formula is C7H14Se2. The molecule has 1 rings (SSSR count). The van der Waals surface area contributed by atoms with Crippen molar-refractivity contribution in [2.24, 2.45) is 5.92 Å². The molecule has 0 aromatic carbocycles. The molecule has 0 radical (unpaired) electrons. The van der Waals surface area contributed by atoms with E-state index in [1.165, 1.54) is 6.42 Å². The minimum absolute atomic E-state index is 0.925. The van der Waals surface area contributed by atoms with E-state index in [0.717, 1.165) is 39.0 Å². The maximum absolute atomic E-state index is 2.41. The van der Waals surface area contributed by atoms with Gasteiger partial charge in [0.05, 0.1) is 0 Å². The molecular weight excluding hydrogens is 242 g/mol. The van der Waals surface area contributed by atoms with Gasteiger partial charge in [0.25, 0.3) is 0 Å². The Morgan fingerprint density at radius 3 is 2.11 bits per heavy atom. The molecule has 9 heavy (non-hydrogen) atoms. The van der Waals surface area contributed by atoms with Crippen LogP contribution in [0.25, 0.3) is 0 Å². The van der Waals surface area contributed by atoms with Gasteiger partial charge in [0.1, 0.15) is 0 Å². The Kier molecular flexibility index (Phi) is 2.68. The molecule has 1 unspecified atom stereocenters. The molecule has 1 aliphatic carbocycles. The average Bonchev–Trinajstić information content (AvgIpc) is 2.63. The number of rotatable bonds is 3. The zero-order valence-electron chi connectivity index (χ0n) is 6.31. The summed E-state index contributed by atoms with van der Waals surface area (Å²) in [4.78, 5) is 0. The van der Waals surface area contributed by atoms with E-state index < -0.39 is 0 Å². The van der Waals surface area contributed by atoms with Crippen molar-refractivity contribution in [2.45, 2.75) is 34.6 Å². The quantitative estimate of drug-likeness (QED) is 0.678. The molecule has 1 fully saturated rings. The van der Waals surface area contributed by atoms with Crippen molar-refractivity contribution in [1.29, 1.82) is 0 Å². The van der Waals surface area contributed by atoms with Crippen LogP contribution in [-0.2, 0) is 0 Å². The van der Waals surface area contributed by atoms with Gasteiger partial charge in [-0.3, -0.25) is 0 Å². The van der Waals surface area contributed by atoms with Gasteiger partial charge >= 0.3 is 70.5 Å². The summed E-state index contributed by atoms with van der Waals surface area (Å²) < 4.78 is 0.925. The van der Waals surface area contributed by atoms with E-state index in [1.54, 1.807) is 6.42 Å². The fourth-order valence-corrected chi connectivity index (χ4v) is 7.13. The minimum atomic E-state index is 0.925. The fraction of sp³-hybridized carbons (Fsp3) is 1.00. The van der Waals surface area contributed by atoms with Crippen molar-refractivity contribution in [3.63, 3.8) is 0 Å². The third-order valence-corrected chi connectivity index (χ3v) is 10.8. The molecule has 2 heteroatoms. The maximum atomic E-state index is 2.41. The molecule has 0 amide bonds. The van der Waals surface area contributed by atoms with Crippen molar-refractivity contribution in [1.82, 2.24) is 0 Å². The Hall–Kier alpha value is 1.04. The van der Waals surface area contributed by atoms with Crippen LogP contribution in [0, 0.1) is 5.92 Å². The summed E-state index contributed by atoms with van der Waals surface area (Å²) in [5.74, 6) is 5.95. The molecule has 0 heterocycles. The molecule has 0 bridgehead atoms. The van der Waals surface area contributed by atoms with Gasteiger partial charge in [-0.15, -0.1) is 0 Å². The number of hydrogen-bond acceptors (Lipinski definition) is 0. The SMILES string of the molecule is CCC1CC1([Se]C)[Se]C. The first-order chi connectivity index (χ1) is 4.29. The van der Waals surface area contributed by atoms with Crippen LogP contribution >= 0.6 is 0 Å². The summed E-state index contributed by atoms with van der Waals surface area (Å²) in [6, 6.07) is 0. The Morgan fingerprint density at radius 1 is 1.44 bits per heavy atom. The summed E-state index contributed by atoms with van der Waals surface area (Å²) in [5, 5.41) is 0. The fourth-order valence-electron chi connectivity index (χ4n) is 1.32. The molecule has 1 saturated carbocycles. The van der Waals surface area contributed by atoms with Gasteiger partial charge in [0.2, 0.25) is 0 Å². The van der Waals surface area contributed by atoms with Crippen LogP contribution in [0.5, 0.6) is 0 Å². The second-order valence-corrected chi connectivity index (χ2v) is 8.61. The van der Waals surface area contributed by atoms with E-state index in [1.807, 2.05) is 0 Å². The summed E-state index contributed by atoms with van der Waals surface area (Å²) in [7, 11) is 0. The summed E-state index contributed by atoms with van der Waals surface area (Å²) in [5.41, 5.74) is 0. The van der Waals surface area contributed by atoms with E-state index in [-0.39, 0.29) is 0 Å². The Bertz CT molecular complexity index is 97.1. The predicted octanol–water partition coefficient (Wildman–Crippen LogP) is 2.04. The van der Waals surface area contributed by atoms with Gasteiger partial charge in [-0.2, -0.15) is 0 Å². The third-order valence-electron chi connectivity index (χ3n) is 2.18. The molecule has 0 aliphatic heterocycles. The van der Waals surface area contributed by atoms with Gasteiger partial charge in [-0.05, 0) is 0 Å². The Labute approximate surface area is 70.5 Å². The zero-order chi connectivity index (χ0) is 6.91. The number of hydrogen-bond donors (Lipinski definition) is 0. The first kappa shape index (κ1) is 8.14. The van der Waals surface area contributed by atoms with Crippen LogP contribution < -0.4 is 0 Å². The van der Waals surface area contributed by atoms with Crippen molar-refractivity contribution >= 4 is 29.9 Å². The van der Waals surface area contributed by atoms with Gasteiger partial charge in [-0.1, -0.05) is 0 Å². The summed E-state index contributed by atoms with van der Waals surface area (Å²) >= 11 is 1.87. The van der Waals surface area contributed by atoms with Crippen LogP contribution in [0.4, 0.5) is 0 Å². The van der Waals surface area contributed by atoms with Gasteiger partial charge < -0.3 is 0 Å². The van der Waals surface area contributed by atoms with Crippen molar-refractivity contribution in [2.75, 3.05) is 0 Å². The van der Waals surface area contributed by atoms with Crippen LogP contribution in [-0.4, -0.2) is 29.9 Å². The summed E-state index contributed by atoms with van der Waals surface area (Å²) in [6.07, 6.45) is 3.00. The third kappa shape index (κ3) is 1.38. The first-order valence-corrected chi connectivity index (χ1v) is 8.53. The molecule has 1 atom stereocenters. The zero-order valence-corrected chi connectivity index (χ0v) is 9.73. The monoisotopic (exact) mass is 258 g/mol. The van der Waals surface area contributed by atoms with Crippen LogP contribution in [0.2, 0.25) is 14.9 Å². The molecule has 0 spiro atoms. The predicted molar refractivity (Wildman–Crippen MR) is 44.3 cm³/mol. The molecule has 0 saturated heterocycles. The molecule has 54 valence electrons. The first-order valence-electron chi connectivity index (χ1n) is 3.39. The van der Waals surface area contributed by atoms with E-state index in [9.17, 15) is 0 Å². The molecule has 0 aromatic rings. The van der Waals surface area contributed by atoms with Crippen molar-refractivity contribution in [3.05, 3.63) is 0 Å². The second-order valence-electron chi connectivity index (χ2n) is 2.53. The molecule has 0 nitrogen and oxygen atoms in total. The van der Waals surface area contributed by atoms with Crippen LogP contribution in [0.3, 0.4) is 0 Å². The average molecular weight is 256 g/mol. The topological polar surface area (TPSA) is 0 Å². The Morgan fingerprint density at radius 2 is 2.00 bits per heavy atom. The normalized spacial score (nSPS) is 30.3. The van der Waals surface area contributed by atoms with Crippen molar-refractivity contribution < 1.29 is 0 Å². The molecule has 0 aromatic heterocycles. The molecule has 1 aliphatic rings. The van der Waals surface area contributed by atoms with Crippen LogP contribution in [0.1, 0.15) is 19.8 Å². The van der Waals surface area contributed by atoms with Gasteiger partial charge in [0, 0.05) is 0 Å². The van der Waals surface area contributed by atoms with E-state index in [0.29, 0.717) is 0 Å². The van der Waals surface area contributed by atoms with E-state index in [2.05, 4.69) is 18.6 Å². The van der Waals surface area contributed by atoms with E-state index in [4.69, 9.17) is 0 Å². The van der Waals surface area contributed by atoms with E-state index >= 15 is 0 Å². The van der Waals surface area contributed by atoms with Crippen molar-refractivity contribution in [3.8, 4) is 0 Å².